The zero-order valence-corrected chi connectivity index (χ0v) is 13.0. The summed E-state index contributed by atoms with van der Waals surface area (Å²) in [5.74, 6) is 0.850. The van der Waals surface area contributed by atoms with Crippen molar-refractivity contribution < 1.29 is 4.74 Å². The van der Waals surface area contributed by atoms with Gasteiger partial charge >= 0.3 is 0 Å². The molecule has 0 aromatic carbocycles. The molecular weight excluding hydrogens is 268 g/mol. The second-order valence-electron chi connectivity index (χ2n) is 4.75. The molecule has 0 aliphatic carbocycles. The molecule has 0 saturated carbocycles. The lowest BCUT2D eigenvalue weighted by atomic mass is 10.0. The molecule has 1 unspecified atom stereocenters. The minimum Gasteiger partial charge on any atom is -0.492 e. The molecule has 0 radical (unpaired) electrons. The van der Waals surface area contributed by atoms with E-state index in [0.717, 1.165) is 37.3 Å². The SMILES string of the molecule is CCCNC(c1ccsc1)c1cncc(OCCC)c1. The second kappa shape index (κ2) is 8.02. The third-order valence-electron chi connectivity index (χ3n) is 3.02. The zero-order valence-electron chi connectivity index (χ0n) is 12.1. The molecule has 0 saturated heterocycles. The van der Waals surface area contributed by atoms with Crippen molar-refractivity contribution in [2.24, 2.45) is 0 Å². The predicted molar refractivity (Wildman–Crippen MR) is 84.5 cm³/mol. The molecular formula is C16H22N2OS. The van der Waals surface area contributed by atoms with Gasteiger partial charge < -0.3 is 10.1 Å². The summed E-state index contributed by atoms with van der Waals surface area (Å²) in [6.45, 7) is 6.00. The van der Waals surface area contributed by atoms with Crippen LogP contribution in [0.3, 0.4) is 0 Å². The summed E-state index contributed by atoms with van der Waals surface area (Å²) < 4.78 is 5.68. The van der Waals surface area contributed by atoms with Gasteiger partial charge in [0.05, 0.1) is 18.8 Å². The van der Waals surface area contributed by atoms with E-state index in [1.807, 2.05) is 6.20 Å². The summed E-state index contributed by atoms with van der Waals surface area (Å²) in [7, 11) is 0. The van der Waals surface area contributed by atoms with Gasteiger partial charge in [-0.2, -0.15) is 11.3 Å². The summed E-state index contributed by atoms with van der Waals surface area (Å²) in [4.78, 5) is 4.31. The molecule has 0 aliphatic heterocycles. The number of nitrogens with zero attached hydrogens (tertiary/aromatic N) is 1. The number of rotatable bonds is 8. The number of thiophene rings is 1. The van der Waals surface area contributed by atoms with Crippen molar-refractivity contribution in [1.29, 1.82) is 0 Å². The number of hydrogen-bond donors (Lipinski definition) is 1. The van der Waals surface area contributed by atoms with E-state index in [-0.39, 0.29) is 6.04 Å². The van der Waals surface area contributed by atoms with Gasteiger partial charge in [0.25, 0.3) is 0 Å². The molecule has 4 heteroatoms. The normalized spacial score (nSPS) is 12.3. The fourth-order valence-electron chi connectivity index (χ4n) is 2.05. The Bertz CT molecular complexity index is 499. The Morgan fingerprint density at radius 2 is 2.15 bits per heavy atom. The van der Waals surface area contributed by atoms with E-state index in [2.05, 4.69) is 47.0 Å². The fraction of sp³-hybridized carbons (Fsp3) is 0.438. The maximum Gasteiger partial charge on any atom is 0.137 e. The first-order chi connectivity index (χ1) is 9.85. The molecule has 2 aromatic heterocycles. The molecule has 2 aromatic rings. The van der Waals surface area contributed by atoms with E-state index in [0.29, 0.717) is 0 Å². The molecule has 1 N–H and O–H groups in total. The average molecular weight is 290 g/mol. The minimum atomic E-state index is 0.193. The molecule has 2 rings (SSSR count). The molecule has 2 heterocycles. The van der Waals surface area contributed by atoms with Crippen molar-refractivity contribution in [2.75, 3.05) is 13.2 Å². The molecule has 108 valence electrons. The van der Waals surface area contributed by atoms with Gasteiger partial charge in [0, 0.05) is 6.20 Å². The van der Waals surface area contributed by atoms with Crippen molar-refractivity contribution in [2.45, 2.75) is 32.7 Å². The van der Waals surface area contributed by atoms with Crippen LogP contribution in [0.2, 0.25) is 0 Å². The maximum absolute atomic E-state index is 5.68. The van der Waals surface area contributed by atoms with E-state index >= 15 is 0 Å². The topological polar surface area (TPSA) is 34.2 Å². The van der Waals surface area contributed by atoms with Gasteiger partial charge in [-0.25, -0.2) is 0 Å². The van der Waals surface area contributed by atoms with Crippen molar-refractivity contribution >= 4 is 11.3 Å². The van der Waals surface area contributed by atoms with E-state index in [4.69, 9.17) is 4.74 Å². The highest BCUT2D eigenvalue weighted by Gasteiger charge is 2.14. The zero-order chi connectivity index (χ0) is 14.2. The molecule has 0 amide bonds. The summed E-state index contributed by atoms with van der Waals surface area (Å²) in [5.41, 5.74) is 2.45. The largest absolute Gasteiger partial charge is 0.492 e. The monoisotopic (exact) mass is 290 g/mol. The minimum absolute atomic E-state index is 0.193. The van der Waals surface area contributed by atoms with Crippen molar-refractivity contribution in [1.82, 2.24) is 10.3 Å². The first-order valence-electron chi connectivity index (χ1n) is 7.18. The van der Waals surface area contributed by atoms with Gasteiger partial charge in [-0.3, -0.25) is 4.98 Å². The Morgan fingerprint density at radius 3 is 2.85 bits per heavy atom. The molecule has 0 bridgehead atoms. The Balaban J connectivity index is 2.19. The van der Waals surface area contributed by atoms with Crippen LogP contribution in [0.1, 0.15) is 43.9 Å². The van der Waals surface area contributed by atoms with E-state index in [1.165, 1.54) is 5.56 Å². The average Bonchev–Trinajstić information content (AvgIpc) is 3.00. The highest BCUT2D eigenvalue weighted by atomic mass is 32.1. The van der Waals surface area contributed by atoms with Crippen LogP contribution in [0.25, 0.3) is 0 Å². The van der Waals surface area contributed by atoms with Crippen LogP contribution in [-0.4, -0.2) is 18.1 Å². The number of aromatic nitrogens is 1. The first-order valence-corrected chi connectivity index (χ1v) is 8.12. The van der Waals surface area contributed by atoms with Crippen LogP contribution >= 0.6 is 11.3 Å². The summed E-state index contributed by atoms with van der Waals surface area (Å²) in [6.07, 6.45) is 5.82. The Hall–Kier alpha value is -1.39. The second-order valence-corrected chi connectivity index (χ2v) is 5.53. The summed E-state index contributed by atoms with van der Waals surface area (Å²) in [6, 6.07) is 4.45. The van der Waals surface area contributed by atoms with Gasteiger partial charge in [-0.05, 0) is 53.4 Å². The molecule has 0 fully saturated rings. The Kier molecular flexibility index (Phi) is 6.02. The van der Waals surface area contributed by atoms with E-state index in [1.54, 1.807) is 17.5 Å². The first kappa shape index (κ1) is 15.0. The van der Waals surface area contributed by atoms with Gasteiger partial charge in [0.1, 0.15) is 5.75 Å². The van der Waals surface area contributed by atoms with Gasteiger partial charge in [0.15, 0.2) is 0 Å². The lowest BCUT2D eigenvalue weighted by Crippen LogP contribution is -2.23. The summed E-state index contributed by atoms with van der Waals surface area (Å²) in [5, 5.41) is 7.88. The molecule has 0 spiro atoms. The number of pyridine rings is 1. The third kappa shape index (κ3) is 4.05. The summed E-state index contributed by atoms with van der Waals surface area (Å²) >= 11 is 1.72. The van der Waals surface area contributed by atoms with Crippen LogP contribution in [0.5, 0.6) is 5.75 Å². The highest BCUT2D eigenvalue weighted by Crippen LogP contribution is 2.26. The van der Waals surface area contributed by atoms with Crippen LogP contribution in [-0.2, 0) is 0 Å². The van der Waals surface area contributed by atoms with Crippen LogP contribution in [0.15, 0.2) is 35.3 Å². The van der Waals surface area contributed by atoms with Crippen LogP contribution in [0, 0.1) is 0 Å². The Morgan fingerprint density at radius 1 is 1.25 bits per heavy atom. The van der Waals surface area contributed by atoms with Crippen LogP contribution in [0.4, 0.5) is 0 Å². The lowest BCUT2D eigenvalue weighted by Gasteiger charge is -2.18. The molecule has 0 aliphatic rings. The highest BCUT2D eigenvalue weighted by molar-refractivity contribution is 7.08. The van der Waals surface area contributed by atoms with Gasteiger partial charge in [-0.15, -0.1) is 0 Å². The number of hydrogen-bond acceptors (Lipinski definition) is 4. The van der Waals surface area contributed by atoms with Crippen LogP contribution < -0.4 is 10.1 Å². The van der Waals surface area contributed by atoms with E-state index in [9.17, 15) is 0 Å². The quantitative estimate of drug-likeness (QED) is 0.797. The standard InChI is InChI=1S/C16H22N2OS/c1-3-6-18-16(13-5-8-20-12-13)14-9-15(11-17-10-14)19-7-4-2/h5,8-12,16,18H,3-4,6-7H2,1-2H3. The van der Waals surface area contributed by atoms with Crippen molar-refractivity contribution in [3.05, 3.63) is 46.4 Å². The lowest BCUT2D eigenvalue weighted by molar-refractivity contribution is 0.315. The maximum atomic E-state index is 5.68. The van der Waals surface area contributed by atoms with Gasteiger partial charge in [-0.1, -0.05) is 13.8 Å². The van der Waals surface area contributed by atoms with Gasteiger partial charge in [0.2, 0.25) is 0 Å². The molecule has 1 atom stereocenters. The number of ether oxygens (including phenoxy) is 1. The van der Waals surface area contributed by atoms with E-state index < -0.39 is 0 Å². The molecule has 20 heavy (non-hydrogen) atoms. The molecule has 3 nitrogen and oxygen atoms in total. The van der Waals surface area contributed by atoms with Crippen molar-refractivity contribution in [3.63, 3.8) is 0 Å². The third-order valence-corrected chi connectivity index (χ3v) is 3.72. The number of nitrogens with one attached hydrogen (secondary N) is 1. The Labute approximate surface area is 125 Å². The van der Waals surface area contributed by atoms with Crippen molar-refractivity contribution in [3.8, 4) is 5.75 Å². The fourth-order valence-corrected chi connectivity index (χ4v) is 2.73. The predicted octanol–water partition coefficient (Wildman–Crippen LogP) is 4.02. The smallest absolute Gasteiger partial charge is 0.137 e.